The van der Waals surface area contributed by atoms with Crippen molar-refractivity contribution in [1.82, 2.24) is 0 Å². The van der Waals surface area contributed by atoms with Crippen LogP contribution in [0.2, 0.25) is 0 Å². The largest absolute Gasteiger partial charge is 0.756 e. The van der Waals surface area contributed by atoms with Crippen LogP contribution in [0, 0.1) is 0 Å². The highest BCUT2D eigenvalue weighted by molar-refractivity contribution is 7.45. The Hall–Kier alpha value is -1.80. The zero-order valence-corrected chi connectivity index (χ0v) is 38.4. The molecule has 0 rings (SSSR count). The summed E-state index contributed by atoms with van der Waals surface area (Å²) >= 11 is 0. The molecule has 0 radical (unpaired) electrons. The molecule has 332 valence electrons. The van der Waals surface area contributed by atoms with Crippen molar-refractivity contribution < 1.29 is 37.3 Å². The SMILES string of the molecule is CC/C=C\C/C=C\C/C=C\C/C=C\CCCCCCC(=O)O[C@H](COCCCCCCCCCC/C=C\CCCCCCCC)COP(=O)([O-])OCC[N+](C)(C)C. The first-order valence-corrected chi connectivity index (χ1v) is 24.5. The highest BCUT2D eigenvalue weighted by Gasteiger charge is 2.20. The lowest BCUT2D eigenvalue weighted by Gasteiger charge is -2.28. The number of ether oxygens (including phenoxy) is 2. The Bertz CT molecular complexity index is 1090. The normalized spacial score (nSPS) is 14.3. The van der Waals surface area contributed by atoms with Crippen molar-refractivity contribution >= 4 is 13.8 Å². The first-order chi connectivity index (χ1) is 27.6. The molecule has 1 unspecified atom stereocenters. The lowest BCUT2D eigenvalue weighted by atomic mass is 10.1. The molecule has 0 aromatic heterocycles. The monoisotopic (exact) mass is 822 g/mol. The van der Waals surface area contributed by atoms with Gasteiger partial charge in [0, 0.05) is 13.0 Å². The van der Waals surface area contributed by atoms with Crippen molar-refractivity contribution in [3.8, 4) is 0 Å². The highest BCUT2D eigenvalue weighted by atomic mass is 31.2. The fraction of sp³-hybridized carbons (Fsp3) is 0.771. The van der Waals surface area contributed by atoms with Crippen LogP contribution < -0.4 is 4.89 Å². The summed E-state index contributed by atoms with van der Waals surface area (Å²) in [5.74, 6) is -0.359. The van der Waals surface area contributed by atoms with Crippen LogP contribution in [-0.2, 0) is 27.9 Å². The van der Waals surface area contributed by atoms with Gasteiger partial charge in [0.2, 0.25) is 0 Å². The van der Waals surface area contributed by atoms with Gasteiger partial charge >= 0.3 is 5.97 Å². The Morgan fingerprint density at radius 2 is 1.02 bits per heavy atom. The molecule has 0 bridgehead atoms. The molecule has 0 aliphatic rings. The Kier molecular flexibility index (Phi) is 39.7. The van der Waals surface area contributed by atoms with E-state index in [4.69, 9.17) is 18.5 Å². The fourth-order valence-electron chi connectivity index (χ4n) is 6.00. The predicted octanol–water partition coefficient (Wildman–Crippen LogP) is 13.1. The quantitative estimate of drug-likeness (QED) is 0.0199. The van der Waals surface area contributed by atoms with E-state index in [9.17, 15) is 14.3 Å². The summed E-state index contributed by atoms with van der Waals surface area (Å²) in [5, 5.41) is 0. The van der Waals surface area contributed by atoms with Crippen molar-refractivity contribution in [2.24, 2.45) is 0 Å². The number of hydrogen-bond acceptors (Lipinski definition) is 7. The lowest BCUT2D eigenvalue weighted by molar-refractivity contribution is -0.870. The van der Waals surface area contributed by atoms with E-state index in [0.29, 0.717) is 17.6 Å². The van der Waals surface area contributed by atoms with Crippen molar-refractivity contribution in [3.05, 3.63) is 60.8 Å². The summed E-state index contributed by atoms with van der Waals surface area (Å²) in [6.45, 7) is 5.25. The predicted molar refractivity (Wildman–Crippen MR) is 240 cm³/mol. The van der Waals surface area contributed by atoms with E-state index in [2.05, 4.69) is 74.6 Å². The topological polar surface area (TPSA) is 94.1 Å². The van der Waals surface area contributed by atoms with Gasteiger partial charge in [0.1, 0.15) is 19.3 Å². The van der Waals surface area contributed by atoms with Crippen LogP contribution in [0.1, 0.15) is 181 Å². The maximum absolute atomic E-state index is 12.7. The molecule has 0 saturated carbocycles. The summed E-state index contributed by atoms with van der Waals surface area (Å²) in [6.07, 6.45) is 50.9. The number of esters is 1. The Labute approximate surface area is 351 Å². The third kappa shape index (κ3) is 45.1. The number of likely N-dealkylation sites (N-methyl/N-ethyl adjacent to an activating group) is 1. The van der Waals surface area contributed by atoms with Crippen LogP contribution in [0.5, 0.6) is 0 Å². The number of carbonyl (C=O) groups excluding carboxylic acids is 1. The molecule has 0 heterocycles. The van der Waals surface area contributed by atoms with E-state index < -0.39 is 13.9 Å². The van der Waals surface area contributed by atoms with E-state index in [0.717, 1.165) is 70.6 Å². The average Bonchev–Trinajstić information content (AvgIpc) is 3.16. The molecule has 2 atom stereocenters. The van der Waals surface area contributed by atoms with Gasteiger partial charge in [0.25, 0.3) is 7.82 Å². The number of phosphoric acid groups is 1. The molecule has 0 aromatic carbocycles. The minimum absolute atomic E-state index is 0.0181. The fourth-order valence-corrected chi connectivity index (χ4v) is 6.73. The zero-order valence-electron chi connectivity index (χ0n) is 37.5. The molecular formula is C48H88NO7P. The van der Waals surface area contributed by atoms with E-state index in [1.807, 2.05) is 21.1 Å². The molecule has 0 amide bonds. The molecule has 0 aliphatic carbocycles. The number of phosphoric ester groups is 1. The third-order valence-corrected chi connectivity index (χ3v) is 10.5. The molecule has 0 aliphatic heterocycles. The van der Waals surface area contributed by atoms with Gasteiger partial charge < -0.3 is 27.9 Å². The number of hydrogen-bond donors (Lipinski definition) is 0. The van der Waals surface area contributed by atoms with Crippen LogP contribution in [0.4, 0.5) is 0 Å². The van der Waals surface area contributed by atoms with Gasteiger partial charge in [-0.15, -0.1) is 0 Å². The van der Waals surface area contributed by atoms with E-state index in [1.54, 1.807) is 0 Å². The van der Waals surface area contributed by atoms with Gasteiger partial charge in [-0.3, -0.25) is 9.36 Å². The standard InChI is InChI=1S/C48H88NO7P/c1-6-8-10-12-14-16-18-20-22-24-26-28-30-32-34-36-38-40-43-53-45-47(46-55-57(51,52)54-44-42-49(3,4)5)56-48(50)41-39-37-35-33-31-29-27-25-23-21-19-17-15-13-11-9-7-2/h9,11,15,17,20-23,27,29,47H,6-8,10,12-14,16,18-19,24-26,28,30-46H2,1-5H3/b11-9-,17-15-,22-20-,23-21-,29-27-/t47-/m1/s1. The Morgan fingerprint density at radius 1 is 0.561 bits per heavy atom. The van der Waals surface area contributed by atoms with Gasteiger partial charge in [-0.1, -0.05) is 158 Å². The number of quaternary nitrogens is 1. The molecule has 57 heavy (non-hydrogen) atoms. The van der Waals surface area contributed by atoms with Gasteiger partial charge in [0.05, 0.1) is 34.4 Å². The molecular weight excluding hydrogens is 734 g/mol. The van der Waals surface area contributed by atoms with Crippen molar-refractivity contribution in [2.75, 3.05) is 54.1 Å². The van der Waals surface area contributed by atoms with Crippen LogP contribution in [0.15, 0.2) is 60.8 Å². The summed E-state index contributed by atoms with van der Waals surface area (Å²) in [4.78, 5) is 25.1. The van der Waals surface area contributed by atoms with Crippen molar-refractivity contribution in [1.29, 1.82) is 0 Å². The first-order valence-electron chi connectivity index (χ1n) is 23.0. The second kappa shape index (κ2) is 41.0. The molecule has 0 N–H and O–H groups in total. The number of carbonyl (C=O) groups is 1. The van der Waals surface area contributed by atoms with Crippen LogP contribution in [0.3, 0.4) is 0 Å². The number of unbranched alkanes of at least 4 members (excludes halogenated alkanes) is 18. The highest BCUT2D eigenvalue weighted by Crippen LogP contribution is 2.38. The number of nitrogens with zero attached hydrogens (tertiary/aromatic N) is 1. The molecule has 0 saturated heterocycles. The van der Waals surface area contributed by atoms with Gasteiger partial charge in [-0.2, -0.15) is 0 Å². The maximum Gasteiger partial charge on any atom is 0.306 e. The van der Waals surface area contributed by atoms with E-state index >= 15 is 0 Å². The van der Waals surface area contributed by atoms with Gasteiger partial charge in [-0.05, 0) is 77.0 Å². The average molecular weight is 822 g/mol. The third-order valence-electron chi connectivity index (χ3n) is 9.55. The summed E-state index contributed by atoms with van der Waals surface area (Å²) < 4.78 is 34.6. The number of allylic oxidation sites excluding steroid dienone is 10. The summed E-state index contributed by atoms with van der Waals surface area (Å²) in [7, 11) is 1.33. The van der Waals surface area contributed by atoms with Crippen LogP contribution in [0.25, 0.3) is 0 Å². The molecule has 0 spiro atoms. The Balaban J connectivity index is 4.26. The molecule has 0 fully saturated rings. The smallest absolute Gasteiger partial charge is 0.306 e. The van der Waals surface area contributed by atoms with E-state index in [1.165, 1.54) is 89.9 Å². The second-order valence-electron chi connectivity index (χ2n) is 16.4. The number of rotatable bonds is 42. The van der Waals surface area contributed by atoms with Gasteiger partial charge in [-0.25, -0.2) is 0 Å². The van der Waals surface area contributed by atoms with Crippen LogP contribution >= 0.6 is 7.82 Å². The maximum atomic E-state index is 12.7. The first kappa shape index (κ1) is 55.2. The van der Waals surface area contributed by atoms with Crippen molar-refractivity contribution in [3.63, 3.8) is 0 Å². The minimum Gasteiger partial charge on any atom is -0.756 e. The van der Waals surface area contributed by atoms with Crippen LogP contribution in [-0.4, -0.2) is 70.7 Å². The summed E-state index contributed by atoms with van der Waals surface area (Å²) in [5.41, 5.74) is 0. The Morgan fingerprint density at radius 3 is 1.54 bits per heavy atom. The summed E-state index contributed by atoms with van der Waals surface area (Å²) in [6, 6.07) is 0. The van der Waals surface area contributed by atoms with E-state index in [-0.39, 0.29) is 32.2 Å². The van der Waals surface area contributed by atoms with Gasteiger partial charge in [0.15, 0.2) is 0 Å². The minimum atomic E-state index is -4.54. The molecule has 8 nitrogen and oxygen atoms in total. The molecule has 0 aromatic rings. The van der Waals surface area contributed by atoms with Crippen molar-refractivity contribution in [2.45, 2.75) is 187 Å². The lowest BCUT2D eigenvalue weighted by Crippen LogP contribution is -2.37. The zero-order chi connectivity index (χ0) is 42.0. The molecule has 9 heteroatoms. The second-order valence-corrected chi connectivity index (χ2v) is 17.8.